The van der Waals surface area contributed by atoms with Crippen LogP contribution in [0.25, 0.3) is 16.6 Å². The molecule has 0 unspecified atom stereocenters. The average molecular weight is 347 g/mol. The van der Waals surface area contributed by atoms with Crippen molar-refractivity contribution in [1.82, 2.24) is 9.38 Å². The maximum Gasteiger partial charge on any atom is 0.416 e. The van der Waals surface area contributed by atoms with Crippen molar-refractivity contribution in [3.63, 3.8) is 0 Å². The van der Waals surface area contributed by atoms with Gasteiger partial charge in [-0.05, 0) is 17.7 Å². The summed E-state index contributed by atoms with van der Waals surface area (Å²) < 4.78 is 40.5. The van der Waals surface area contributed by atoms with E-state index in [9.17, 15) is 22.8 Å². The number of benzene rings is 1. The summed E-state index contributed by atoms with van der Waals surface area (Å²) in [5.74, 6) is -0.756. The molecule has 0 atom stereocenters. The fourth-order valence-electron chi connectivity index (χ4n) is 2.59. The van der Waals surface area contributed by atoms with Crippen molar-refractivity contribution in [1.29, 1.82) is 0 Å². The van der Waals surface area contributed by atoms with Gasteiger partial charge in [-0.15, -0.1) is 0 Å². The van der Waals surface area contributed by atoms with Gasteiger partial charge < -0.3 is 10.1 Å². The van der Waals surface area contributed by atoms with Crippen LogP contribution in [0.15, 0.2) is 53.5 Å². The summed E-state index contributed by atoms with van der Waals surface area (Å²) in [4.78, 5) is 27.5. The molecule has 2 heterocycles. The van der Waals surface area contributed by atoms with Crippen LogP contribution in [0.2, 0.25) is 0 Å². The maximum absolute atomic E-state index is 13.1. The van der Waals surface area contributed by atoms with Gasteiger partial charge in [-0.3, -0.25) is 9.59 Å². The second-order valence-corrected chi connectivity index (χ2v) is 5.39. The van der Waals surface area contributed by atoms with Gasteiger partial charge in [-0.25, -0.2) is 0 Å². The summed E-state index contributed by atoms with van der Waals surface area (Å²) in [5.41, 5.74) is 3.99. The van der Waals surface area contributed by atoms with Crippen LogP contribution in [-0.2, 0) is 17.4 Å². The van der Waals surface area contributed by atoms with Crippen LogP contribution in [0.1, 0.15) is 11.4 Å². The van der Waals surface area contributed by atoms with E-state index in [4.69, 9.17) is 5.73 Å². The summed E-state index contributed by atoms with van der Waals surface area (Å²) in [6.07, 6.45) is -3.80. The highest BCUT2D eigenvalue weighted by atomic mass is 19.4. The van der Waals surface area contributed by atoms with Crippen molar-refractivity contribution >= 4 is 11.4 Å². The molecule has 0 radical (unpaired) electrons. The first-order chi connectivity index (χ1) is 11.8. The molecule has 0 saturated heterocycles. The monoisotopic (exact) mass is 347 g/mol. The van der Waals surface area contributed by atoms with Crippen molar-refractivity contribution in [2.24, 2.45) is 5.73 Å². The molecule has 0 saturated carbocycles. The minimum absolute atomic E-state index is 0.0114. The number of carbonyl (C=O) groups excluding carboxylic acids is 1. The van der Waals surface area contributed by atoms with Gasteiger partial charge in [0.2, 0.25) is 5.91 Å². The van der Waals surface area contributed by atoms with Crippen LogP contribution in [-0.4, -0.2) is 15.3 Å². The smallest absolute Gasteiger partial charge is 0.369 e. The highest BCUT2D eigenvalue weighted by Crippen LogP contribution is 2.31. The summed E-state index contributed by atoms with van der Waals surface area (Å²) in [6, 6.07) is 9.99. The van der Waals surface area contributed by atoms with E-state index in [1.165, 1.54) is 4.40 Å². The zero-order valence-electron chi connectivity index (χ0n) is 12.7. The van der Waals surface area contributed by atoms with Gasteiger partial charge >= 0.3 is 6.18 Å². The standard InChI is InChI=1S/C17H12F3N3O2/c18-17(19,20)11-6-7-23-12(8-11)15(10-4-2-1-3-5-10)16(25)22-14(23)9-13(21)24/h1-8H,9H2,(H2,21,24). The molecule has 3 aromatic rings. The van der Waals surface area contributed by atoms with Crippen molar-refractivity contribution < 1.29 is 18.0 Å². The van der Waals surface area contributed by atoms with Crippen LogP contribution < -0.4 is 11.3 Å². The molecule has 2 aromatic heterocycles. The van der Waals surface area contributed by atoms with E-state index < -0.39 is 23.2 Å². The van der Waals surface area contributed by atoms with Crippen LogP contribution in [0.4, 0.5) is 13.2 Å². The molecular formula is C17H12F3N3O2. The van der Waals surface area contributed by atoms with Crippen LogP contribution in [0, 0.1) is 0 Å². The third kappa shape index (κ3) is 3.23. The third-order valence-corrected chi connectivity index (χ3v) is 3.66. The van der Waals surface area contributed by atoms with Crippen molar-refractivity contribution in [3.8, 4) is 11.1 Å². The number of halogens is 3. The minimum Gasteiger partial charge on any atom is -0.369 e. The second kappa shape index (κ2) is 6.04. The highest BCUT2D eigenvalue weighted by molar-refractivity contribution is 5.81. The van der Waals surface area contributed by atoms with Gasteiger partial charge in [-0.2, -0.15) is 18.2 Å². The second-order valence-electron chi connectivity index (χ2n) is 5.39. The van der Waals surface area contributed by atoms with Gasteiger partial charge in [0.15, 0.2) is 0 Å². The molecular weight excluding hydrogens is 335 g/mol. The van der Waals surface area contributed by atoms with Crippen molar-refractivity contribution in [2.75, 3.05) is 0 Å². The van der Waals surface area contributed by atoms with Gasteiger partial charge in [-0.1, -0.05) is 30.3 Å². The van der Waals surface area contributed by atoms with Crippen molar-refractivity contribution in [2.45, 2.75) is 12.6 Å². The Kier molecular flexibility index (Phi) is 4.03. The Morgan fingerprint density at radius 1 is 1.16 bits per heavy atom. The SMILES string of the molecule is NC(=O)Cc1nc(=O)c(-c2ccccc2)c2cc(C(F)(F)F)ccn12. The largest absolute Gasteiger partial charge is 0.416 e. The number of hydrogen-bond acceptors (Lipinski definition) is 3. The van der Waals surface area contributed by atoms with Gasteiger partial charge in [0, 0.05) is 6.20 Å². The molecule has 8 heteroatoms. The molecule has 0 spiro atoms. The molecule has 25 heavy (non-hydrogen) atoms. The molecule has 2 N–H and O–H groups in total. The predicted octanol–water partition coefficient (Wildman–Crippen LogP) is 2.41. The van der Waals surface area contributed by atoms with Crippen molar-refractivity contribution in [3.05, 3.63) is 70.4 Å². The normalized spacial score (nSPS) is 11.6. The number of pyridine rings is 1. The molecule has 1 amide bonds. The number of alkyl halides is 3. The highest BCUT2D eigenvalue weighted by Gasteiger charge is 2.31. The number of amides is 1. The number of rotatable bonds is 3. The number of carbonyl (C=O) groups is 1. The fourth-order valence-corrected chi connectivity index (χ4v) is 2.59. The summed E-state index contributed by atoms with van der Waals surface area (Å²) in [6.45, 7) is 0. The topological polar surface area (TPSA) is 77.5 Å². The van der Waals surface area contributed by atoms with Gasteiger partial charge in [0.05, 0.1) is 23.1 Å². The lowest BCUT2D eigenvalue weighted by molar-refractivity contribution is -0.137. The Morgan fingerprint density at radius 2 is 1.84 bits per heavy atom. The molecule has 0 fully saturated rings. The first-order valence-corrected chi connectivity index (χ1v) is 7.23. The van der Waals surface area contributed by atoms with E-state index in [1.807, 2.05) is 0 Å². The molecule has 3 rings (SSSR count). The lowest BCUT2D eigenvalue weighted by Gasteiger charge is -2.14. The van der Waals surface area contributed by atoms with E-state index in [2.05, 4.69) is 4.98 Å². The number of fused-ring (bicyclic) bond motifs is 1. The van der Waals surface area contributed by atoms with Gasteiger partial charge in [0.1, 0.15) is 5.82 Å². The Balaban J connectivity index is 2.40. The molecule has 1 aromatic carbocycles. The number of aromatic nitrogens is 2. The predicted molar refractivity (Wildman–Crippen MR) is 84.8 cm³/mol. The molecule has 5 nitrogen and oxygen atoms in total. The summed E-state index contributed by atoms with van der Waals surface area (Å²) in [7, 11) is 0. The Hall–Kier alpha value is -3.16. The van der Waals surface area contributed by atoms with E-state index in [0.29, 0.717) is 5.56 Å². The molecule has 0 aliphatic carbocycles. The van der Waals surface area contributed by atoms with E-state index >= 15 is 0 Å². The van der Waals surface area contributed by atoms with E-state index in [0.717, 1.165) is 18.3 Å². The molecule has 0 aliphatic rings. The van der Waals surface area contributed by atoms with Crippen LogP contribution in [0.3, 0.4) is 0 Å². The lowest BCUT2D eigenvalue weighted by atomic mass is 10.0. The molecule has 0 bridgehead atoms. The minimum atomic E-state index is -4.57. The molecule has 128 valence electrons. The van der Waals surface area contributed by atoms with E-state index in [1.54, 1.807) is 30.3 Å². The van der Waals surface area contributed by atoms with Crippen LogP contribution >= 0.6 is 0 Å². The Labute approximate surface area is 139 Å². The number of primary amides is 1. The molecule has 0 aliphatic heterocycles. The lowest BCUT2D eigenvalue weighted by Crippen LogP contribution is -2.23. The zero-order valence-corrected chi connectivity index (χ0v) is 12.7. The first kappa shape index (κ1) is 16.7. The average Bonchev–Trinajstić information content (AvgIpc) is 2.54. The van der Waals surface area contributed by atoms with E-state index in [-0.39, 0.29) is 23.3 Å². The summed E-state index contributed by atoms with van der Waals surface area (Å²) in [5, 5.41) is 0. The summed E-state index contributed by atoms with van der Waals surface area (Å²) >= 11 is 0. The third-order valence-electron chi connectivity index (χ3n) is 3.66. The maximum atomic E-state index is 13.1. The first-order valence-electron chi connectivity index (χ1n) is 7.23. The number of hydrogen-bond donors (Lipinski definition) is 1. The van der Waals surface area contributed by atoms with Gasteiger partial charge in [0.25, 0.3) is 5.56 Å². The number of nitrogens with zero attached hydrogens (tertiary/aromatic N) is 2. The quantitative estimate of drug-likeness (QED) is 0.790. The zero-order chi connectivity index (χ0) is 18.2. The fraction of sp³-hybridized carbons (Fsp3) is 0.118. The Bertz CT molecular complexity index is 1010. The van der Waals surface area contributed by atoms with Crippen LogP contribution in [0.5, 0.6) is 0 Å². The number of nitrogens with two attached hydrogens (primary N) is 1. The Morgan fingerprint density at radius 3 is 2.44 bits per heavy atom.